The molecule has 0 radical (unpaired) electrons. The van der Waals surface area contributed by atoms with E-state index in [0.29, 0.717) is 17.4 Å². The highest BCUT2D eigenvalue weighted by Crippen LogP contribution is 2.15. The molecule has 22 heavy (non-hydrogen) atoms. The van der Waals surface area contributed by atoms with E-state index in [2.05, 4.69) is 15.7 Å². The quantitative estimate of drug-likeness (QED) is 0.776. The van der Waals surface area contributed by atoms with Crippen LogP contribution in [0.25, 0.3) is 0 Å². The summed E-state index contributed by atoms with van der Waals surface area (Å²) in [5.41, 5.74) is 0. The van der Waals surface area contributed by atoms with E-state index >= 15 is 0 Å². The minimum atomic E-state index is -3.20. The number of sulfone groups is 1. The number of nitrogens with zero attached hydrogens (tertiary/aromatic N) is 2. The molecule has 1 aromatic heterocycles. The second kappa shape index (κ2) is 6.50. The molecule has 0 fully saturated rings. The Labute approximate surface area is 130 Å². The number of benzene rings is 1. The van der Waals surface area contributed by atoms with Gasteiger partial charge in [0.05, 0.1) is 16.8 Å². The average Bonchev–Trinajstić information content (AvgIpc) is 3.00. The molecule has 1 aliphatic rings. The van der Waals surface area contributed by atoms with Gasteiger partial charge >= 0.3 is 0 Å². The van der Waals surface area contributed by atoms with Gasteiger partial charge in [0.25, 0.3) is 0 Å². The normalized spacial score (nSPS) is 17.7. The molecule has 1 atom stereocenters. The first-order valence-electron chi connectivity index (χ1n) is 7.39. The fourth-order valence-corrected chi connectivity index (χ4v) is 3.80. The largest absolute Gasteiger partial charge is 0.370 e. The maximum Gasteiger partial charge on any atom is 0.179 e. The van der Waals surface area contributed by atoms with E-state index in [1.807, 2.05) is 16.8 Å². The number of fused-ring (bicyclic) bond motifs is 1. The predicted octanol–water partition coefficient (Wildman–Crippen LogP) is 0.988. The number of hydrogen-bond donors (Lipinski definition) is 2. The highest BCUT2D eigenvalue weighted by Gasteiger charge is 2.18. The molecule has 1 aromatic carbocycles. The lowest BCUT2D eigenvalue weighted by Gasteiger charge is -2.25. The lowest BCUT2D eigenvalue weighted by atomic mass is 10.1. The summed E-state index contributed by atoms with van der Waals surface area (Å²) in [5, 5.41) is 10.8. The van der Waals surface area contributed by atoms with Crippen LogP contribution >= 0.6 is 0 Å². The van der Waals surface area contributed by atoms with Crippen LogP contribution in [-0.2, 0) is 16.4 Å². The van der Waals surface area contributed by atoms with E-state index in [4.69, 9.17) is 0 Å². The van der Waals surface area contributed by atoms with E-state index in [1.165, 1.54) is 0 Å². The van der Waals surface area contributed by atoms with Crippen LogP contribution in [0.2, 0.25) is 0 Å². The van der Waals surface area contributed by atoms with Crippen molar-refractivity contribution in [1.29, 1.82) is 0 Å². The number of aromatic nitrogens is 2. The summed E-state index contributed by atoms with van der Waals surface area (Å²) in [5.74, 6) is 1.57. The van der Waals surface area contributed by atoms with Gasteiger partial charge in [0.1, 0.15) is 5.82 Å². The summed E-state index contributed by atoms with van der Waals surface area (Å²) in [6, 6.07) is 10.5. The van der Waals surface area contributed by atoms with Crippen molar-refractivity contribution in [2.24, 2.45) is 5.92 Å². The van der Waals surface area contributed by atoms with Crippen molar-refractivity contribution in [3.05, 3.63) is 42.6 Å². The fourth-order valence-electron chi connectivity index (χ4n) is 2.58. The van der Waals surface area contributed by atoms with Crippen molar-refractivity contribution in [3.63, 3.8) is 0 Å². The highest BCUT2D eigenvalue weighted by molar-refractivity contribution is 7.91. The van der Waals surface area contributed by atoms with E-state index < -0.39 is 9.84 Å². The minimum Gasteiger partial charge on any atom is -0.370 e. The summed E-state index contributed by atoms with van der Waals surface area (Å²) in [6.45, 7) is 2.97. The van der Waals surface area contributed by atoms with Crippen molar-refractivity contribution in [2.75, 3.05) is 30.7 Å². The third-order valence-electron chi connectivity index (χ3n) is 3.80. The molecule has 0 aliphatic carbocycles. The molecule has 2 N–H and O–H groups in total. The Morgan fingerprint density at radius 1 is 1.27 bits per heavy atom. The molecule has 0 saturated heterocycles. The zero-order valence-electron chi connectivity index (χ0n) is 12.3. The van der Waals surface area contributed by atoms with Gasteiger partial charge in [-0.3, -0.25) is 0 Å². The molecule has 0 amide bonds. The van der Waals surface area contributed by atoms with Crippen molar-refractivity contribution in [3.8, 4) is 0 Å². The maximum atomic E-state index is 12.1. The molecule has 0 bridgehead atoms. The first-order chi connectivity index (χ1) is 10.6. The van der Waals surface area contributed by atoms with Crippen LogP contribution in [0.3, 0.4) is 0 Å². The Kier molecular flexibility index (Phi) is 4.44. The number of rotatable bonds is 6. The molecule has 3 rings (SSSR count). The van der Waals surface area contributed by atoms with Crippen molar-refractivity contribution >= 4 is 15.7 Å². The van der Waals surface area contributed by atoms with Crippen LogP contribution in [0, 0.1) is 5.92 Å². The zero-order valence-corrected chi connectivity index (χ0v) is 13.1. The molecule has 2 aromatic rings. The van der Waals surface area contributed by atoms with Crippen molar-refractivity contribution < 1.29 is 8.42 Å². The van der Waals surface area contributed by atoms with Gasteiger partial charge in [-0.2, -0.15) is 5.10 Å². The summed E-state index contributed by atoms with van der Waals surface area (Å²) in [4.78, 5) is 0.386. The molecule has 118 valence electrons. The fraction of sp³-hybridized carbons (Fsp3) is 0.400. The Hall–Kier alpha value is -1.86. The Balaban J connectivity index is 1.45. The first kappa shape index (κ1) is 15.1. The van der Waals surface area contributed by atoms with Crippen molar-refractivity contribution in [1.82, 2.24) is 15.1 Å². The zero-order chi connectivity index (χ0) is 15.4. The van der Waals surface area contributed by atoms with Gasteiger partial charge in [-0.25, -0.2) is 13.1 Å². The molecule has 6 nitrogen and oxygen atoms in total. The topological polar surface area (TPSA) is 76.0 Å². The monoisotopic (exact) mass is 320 g/mol. The van der Waals surface area contributed by atoms with Crippen LogP contribution in [-0.4, -0.2) is 43.6 Å². The number of nitrogens with one attached hydrogen (secondary N) is 2. The van der Waals surface area contributed by atoms with Gasteiger partial charge < -0.3 is 10.6 Å². The van der Waals surface area contributed by atoms with Crippen LogP contribution in [0.5, 0.6) is 0 Å². The third-order valence-corrected chi connectivity index (χ3v) is 5.53. The first-order valence-corrected chi connectivity index (χ1v) is 9.04. The molecule has 0 spiro atoms. The number of anilines is 1. The van der Waals surface area contributed by atoms with Gasteiger partial charge in [-0.15, -0.1) is 0 Å². The molecular weight excluding hydrogens is 300 g/mol. The predicted molar refractivity (Wildman–Crippen MR) is 85.6 cm³/mol. The van der Waals surface area contributed by atoms with Gasteiger partial charge in [0.15, 0.2) is 9.84 Å². The van der Waals surface area contributed by atoms with E-state index in [0.717, 1.165) is 25.5 Å². The van der Waals surface area contributed by atoms with Gasteiger partial charge in [-0.1, -0.05) is 18.2 Å². The van der Waals surface area contributed by atoms with E-state index in [9.17, 15) is 8.42 Å². The molecule has 0 unspecified atom stereocenters. The maximum absolute atomic E-state index is 12.1. The van der Waals surface area contributed by atoms with Crippen LogP contribution in [0.4, 0.5) is 5.82 Å². The van der Waals surface area contributed by atoms with Gasteiger partial charge in [-0.05, 0) is 12.1 Å². The Morgan fingerprint density at radius 2 is 2.09 bits per heavy atom. The molecular formula is C15H20N4O2S. The summed E-state index contributed by atoms with van der Waals surface area (Å²) >= 11 is 0. The second-order valence-electron chi connectivity index (χ2n) is 5.48. The highest BCUT2D eigenvalue weighted by atomic mass is 32.2. The van der Waals surface area contributed by atoms with Crippen molar-refractivity contribution in [2.45, 2.75) is 11.4 Å². The van der Waals surface area contributed by atoms with E-state index in [-0.39, 0.29) is 5.75 Å². The molecule has 1 aliphatic heterocycles. The molecule has 0 saturated carbocycles. The summed E-state index contributed by atoms with van der Waals surface area (Å²) < 4.78 is 26.2. The number of hydrogen-bond acceptors (Lipinski definition) is 5. The van der Waals surface area contributed by atoms with Crippen LogP contribution in [0.15, 0.2) is 47.5 Å². The third kappa shape index (κ3) is 3.48. The average molecular weight is 320 g/mol. The lowest BCUT2D eigenvalue weighted by Crippen LogP contribution is -2.36. The molecule has 7 heteroatoms. The lowest BCUT2D eigenvalue weighted by molar-refractivity contribution is 0.395. The van der Waals surface area contributed by atoms with Crippen LogP contribution < -0.4 is 10.6 Å². The minimum absolute atomic E-state index is 0.115. The van der Waals surface area contributed by atoms with Gasteiger partial charge in [0, 0.05) is 38.2 Å². The van der Waals surface area contributed by atoms with E-state index in [1.54, 1.807) is 30.5 Å². The second-order valence-corrected chi connectivity index (χ2v) is 7.59. The molecule has 2 heterocycles. The smallest absolute Gasteiger partial charge is 0.179 e. The standard InChI is InChI=1S/C15H20N4O2S/c20-22(21,14-4-2-1-3-5-14)9-8-16-10-13-11-17-15-6-7-18-19(15)12-13/h1-7,13,16-17H,8-12H2/t13-/m1/s1. The summed E-state index contributed by atoms with van der Waals surface area (Å²) in [6.07, 6.45) is 1.78. The SMILES string of the molecule is O=S(=O)(CCNC[C@@H]1CNc2ccnn2C1)c1ccccc1. The Morgan fingerprint density at radius 3 is 2.91 bits per heavy atom. The summed E-state index contributed by atoms with van der Waals surface area (Å²) in [7, 11) is -3.20. The van der Waals surface area contributed by atoms with Crippen LogP contribution in [0.1, 0.15) is 0 Å². The Bertz CT molecular complexity index is 712. The van der Waals surface area contributed by atoms with Gasteiger partial charge in [0.2, 0.25) is 0 Å².